The van der Waals surface area contributed by atoms with Crippen molar-refractivity contribution in [3.05, 3.63) is 29.3 Å². The van der Waals surface area contributed by atoms with Crippen LogP contribution in [0.2, 0.25) is 5.02 Å². The summed E-state index contributed by atoms with van der Waals surface area (Å²) in [6.07, 6.45) is 0.453. The van der Waals surface area contributed by atoms with Crippen molar-refractivity contribution < 1.29 is 13.2 Å². The van der Waals surface area contributed by atoms with Gasteiger partial charge in [0.1, 0.15) is 0 Å². The number of carbonyl (C=O) groups is 1. The fourth-order valence-electron chi connectivity index (χ4n) is 2.96. The molecule has 0 saturated carbocycles. The highest BCUT2D eigenvalue weighted by molar-refractivity contribution is 7.92. The fraction of sp³-hybridized carbons (Fsp3) is 0.588. The third-order valence-corrected chi connectivity index (χ3v) is 7.06. The van der Waals surface area contributed by atoms with Crippen molar-refractivity contribution in [2.45, 2.75) is 30.4 Å². The van der Waals surface area contributed by atoms with Crippen LogP contribution in [0.3, 0.4) is 0 Å². The SMILES string of the molecule is CCN(CC)CCNC(=O)N1CCC(S(=O)(=O)c2ccc(Cl)cc2)C1. The van der Waals surface area contributed by atoms with Crippen molar-refractivity contribution in [1.29, 1.82) is 0 Å². The molecule has 1 aromatic carbocycles. The van der Waals surface area contributed by atoms with E-state index < -0.39 is 15.1 Å². The Bertz CT molecular complexity index is 675. The van der Waals surface area contributed by atoms with E-state index in [1.807, 2.05) is 0 Å². The molecule has 1 heterocycles. The summed E-state index contributed by atoms with van der Waals surface area (Å²) < 4.78 is 25.4. The minimum atomic E-state index is -3.45. The van der Waals surface area contributed by atoms with Gasteiger partial charge in [0, 0.05) is 31.2 Å². The molecule has 1 saturated heterocycles. The summed E-state index contributed by atoms with van der Waals surface area (Å²) >= 11 is 5.82. The molecule has 6 nitrogen and oxygen atoms in total. The Morgan fingerprint density at radius 3 is 2.52 bits per heavy atom. The molecular formula is C17H26ClN3O3S. The number of rotatable bonds is 7. The smallest absolute Gasteiger partial charge is 0.317 e. The van der Waals surface area contributed by atoms with Gasteiger partial charge in [-0.05, 0) is 43.8 Å². The van der Waals surface area contributed by atoms with E-state index in [0.29, 0.717) is 24.5 Å². The van der Waals surface area contributed by atoms with Crippen LogP contribution in [0.15, 0.2) is 29.2 Å². The molecule has 140 valence electrons. The van der Waals surface area contributed by atoms with E-state index in [-0.39, 0.29) is 17.5 Å². The molecule has 25 heavy (non-hydrogen) atoms. The minimum absolute atomic E-state index is 0.194. The van der Waals surface area contributed by atoms with Gasteiger partial charge < -0.3 is 15.1 Å². The topological polar surface area (TPSA) is 69.7 Å². The maximum absolute atomic E-state index is 12.7. The molecule has 0 radical (unpaired) electrons. The number of carbonyl (C=O) groups excluding carboxylic acids is 1. The predicted octanol–water partition coefficient (Wildman–Crippen LogP) is 2.24. The van der Waals surface area contributed by atoms with Crippen LogP contribution in [0.4, 0.5) is 4.79 Å². The van der Waals surface area contributed by atoms with Crippen molar-refractivity contribution in [2.24, 2.45) is 0 Å². The molecule has 0 spiro atoms. The number of halogens is 1. The summed E-state index contributed by atoms with van der Waals surface area (Å²) in [5.74, 6) is 0. The van der Waals surface area contributed by atoms with Crippen LogP contribution in [-0.2, 0) is 9.84 Å². The Balaban J connectivity index is 1.90. The van der Waals surface area contributed by atoms with Crippen LogP contribution in [0.25, 0.3) is 0 Å². The highest BCUT2D eigenvalue weighted by Gasteiger charge is 2.36. The van der Waals surface area contributed by atoms with E-state index >= 15 is 0 Å². The maximum atomic E-state index is 12.7. The van der Waals surface area contributed by atoms with Crippen LogP contribution >= 0.6 is 11.6 Å². The Kier molecular flexibility index (Phi) is 7.10. The first-order valence-electron chi connectivity index (χ1n) is 8.63. The van der Waals surface area contributed by atoms with E-state index in [4.69, 9.17) is 11.6 Å². The summed E-state index contributed by atoms with van der Waals surface area (Å²) in [7, 11) is -3.45. The van der Waals surface area contributed by atoms with Gasteiger partial charge in [-0.3, -0.25) is 0 Å². The second-order valence-electron chi connectivity index (χ2n) is 6.11. The van der Waals surface area contributed by atoms with E-state index in [1.54, 1.807) is 17.0 Å². The Morgan fingerprint density at radius 1 is 1.28 bits per heavy atom. The molecule has 1 N–H and O–H groups in total. The zero-order valence-corrected chi connectivity index (χ0v) is 16.3. The Hall–Kier alpha value is -1.31. The molecule has 1 fully saturated rings. The molecular weight excluding hydrogens is 362 g/mol. The van der Waals surface area contributed by atoms with Gasteiger partial charge in [-0.1, -0.05) is 25.4 Å². The number of likely N-dealkylation sites (tertiary alicyclic amines) is 1. The lowest BCUT2D eigenvalue weighted by Gasteiger charge is -2.21. The van der Waals surface area contributed by atoms with Gasteiger partial charge in [0.05, 0.1) is 10.1 Å². The van der Waals surface area contributed by atoms with Crippen molar-refractivity contribution in [3.8, 4) is 0 Å². The normalized spacial score (nSPS) is 17.9. The standard InChI is InChI=1S/C17H26ClN3O3S/c1-3-20(4-2)12-10-19-17(22)21-11-9-16(13-21)25(23,24)15-7-5-14(18)6-8-15/h5-8,16H,3-4,9-13H2,1-2H3,(H,19,22). The first kappa shape index (κ1) is 20.0. The molecule has 1 aliphatic rings. The number of nitrogens with one attached hydrogen (secondary N) is 1. The van der Waals surface area contributed by atoms with Gasteiger partial charge in [0.15, 0.2) is 9.84 Å². The zero-order valence-electron chi connectivity index (χ0n) is 14.7. The van der Waals surface area contributed by atoms with Gasteiger partial charge in [-0.25, -0.2) is 13.2 Å². The quantitative estimate of drug-likeness (QED) is 0.778. The lowest BCUT2D eigenvalue weighted by Crippen LogP contribution is -2.42. The van der Waals surface area contributed by atoms with Gasteiger partial charge in [0.25, 0.3) is 0 Å². The van der Waals surface area contributed by atoms with Crippen LogP contribution in [0.5, 0.6) is 0 Å². The van der Waals surface area contributed by atoms with Gasteiger partial charge >= 0.3 is 6.03 Å². The van der Waals surface area contributed by atoms with Gasteiger partial charge in [-0.2, -0.15) is 0 Å². The van der Waals surface area contributed by atoms with Crippen LogP contribution in [-0.4, -0.2) is 68.8 Å². The maximum Gasteiger partial charge on any atom is 0.317 e. The van der Waals surface area contributed by atoms with Crippen molar-refractivity contribution in [2.75, 3.05) is 39.3 Å². The highest BCUT2D eigenvalue weighted by atomic mass is 35.5. The summed E-state index contributed by atoms with van der Waals surface area (Å²) in [5, 5.41) is 2.81. The number of likely N-dealkylation sites (N-methyl/N-ethyl adjacent to an activating group) is 1. The van der Waals surface area contributed by atoms with E-state index in [2.05, 4.69) is 24.1 Å². The summed E-state index contributed by atoms with van der Waals surface area (Å²) in [5.41, 5.74) is 0. The molecule has 0 aliphatic carbocycles. The molecule has 1 aliphatic heterocycles. The first-order valence-corrected chi connectivity index (χ1v) is 10.6. The van der Waals surface area contributed by atoms with E-state index in [0.717, 1.165) is 19.6 Å². The minimum Gasteiger partial charge on any atom is -0.337 e. The zero-order chi connectivity index (χ0) is 18.4. The second-order valence-corrected chi connectivity index (χ2v) is 8.78. The highest BCUT2D eigenvalue weighted by Crippen LogP contribution is 2.25. The number of nitrogens with zero attached hydrogens (tertiary/aromatic N) is 2. The second kappa shape index (κ2) is 8.87. The molecule has 0 bridgehead atoms. The Morgan fingerprint density at radius 2 is 1.92 bits per heavy atom. The van der Waals surface area contributed by atoms with Crippen LogP contribution in [0, 0.1) is 0 Å². The first-order chi connectivity index (χ1) is 11.9. The van der Waals surface area contributed by atoms with Crippen molar-refractivity contribution in [1.82, 2.24) is 15.1 Å². The third kappa shape index (κ3) is 5.09. The number of urea groups is 1. The molecule has 8 heteroatoms. The molecule has 0 aromatic heterocycles. The number of hydrogen-bond donors (Lipinski definition) is 1. The van der Waals surface area contributed by atoms with Crippen LogP contribution in [0.1, 0.15) is 20.3 Å². The fourth-order valence-corrected chi connectivity index (χ4v) is 4.77. The average molecular weight is 388 g/mol. The third-order valence-electron chi connectivity index (χ3n) is 4.61. The predicted molar refractivity (Wildman–Crippen MR) is 99.8 cm³/mol. The monoisotopic (exact) mass is 387 g/mol. The van der Waals surface area contributed by atoms with E-state index in [9.17, 15) is 13.2 Å². The number of benzene rings is 1. The van der Waals surface area contributed by atoms with Gasteiger partial charge in [0.2, 0.25) is 0 Å². The lowest BCUT2D eigenvalue weighted by molar-refractivity contribution is 0.206. The largest absolute Gasteiger partial charge is 0.337 e. The average Bonchev–Trinajstić information content (AvgIpc) is 3.10. The lowest BCUT2D eigenvalue weighted by atomic mass is 10.4. The van der Waals surface area contributed by atoms with Gasteiger partial charge in [-0.15, -0.1) is 0 Å². The molecule has 1 unspecified atom stereocenters. The molecule has 1 aromatic rings. The Labute approximate surface area is 155 Å². The van der Waals surface area contributed by atoms with Crippen molar-refractivity contribution in [3.63, 3.8) is 0 Å². The number of sulfone groups is 1. The summed E-state index contributed by atoms with van der Waals surface area (Å²) in [4.78, 5) is 16.3. The van der Waals surface area contributed by atoms with Crippen LogP contribution < -0.4 is 5.32 Å². The molecule has 1 atom stereocenters. The molecule has 2 rings (SSSR count). The number of hydrogen-bond acceptors (Lipinski definition) is 4. The summed E-state index contributed by atoms with van der Waals surface area (Å²) in [6, 6.07) is 5.98. The van der Waals surface area contributed by atoms with E-state index in [1.165, 1.54) is 12.1 Å². The molecule has 2 amide bonds. The van der Waals surface area contributed by atoms with Crippen molar-refractivity contribution >= 4 is 27.5 Å². The summed E-state index contributed by atoms with van der Waals surface area (Å²) in [6.45, 7) is 8.08. The number of amides is 2.